The van der Waals surface area contributed by atoms with E-state index in [0.717, 1.165) is 11.0 Å². The van der Waals surface area contributed by atoms with Gasteiger partial charge >= 0.3 is 7.12 Å². The van der Waals surface area contributed by atoms with Gasteiger partial charge in [0.15, 0.2) is 5.84 Å². The normalized spacial score (nSPS) is 14.7. The lowest BCUT2D eigenvalue weighted by Gasteiger charge is -2.08. The number of hydrazine groups is 1. The first-order chi connectivity index (χ1) is 8.24. The third kappa shape index (κ3) is 2.49. The van der Waals surface area contributed by atoms with Crippen molar-refractivity contribution < 1.29 is 14.4 Å². The van der Waals surface area contributed by atoms with E-state index in [1.807, 2.05) is 6.07 Å². The van der Waals surface area contributed by atoms with Crippen LogP contribution in [-0.2, 0) is 11.3 Å². The van der Waals surface area contributed by atoms with Gasteiger partial charge in [0.25, 0.3) is 0 Å². The van der Waals surface area contributed by atoms with Crippen molar-refractivity contribution in [2.45, 2.75) is 6.61 Å². The zero-order chi connectivity index (χ0) is 12.3. The van der Waals surface area contributed by atoms with Gasteiger partial charge in [0, 0.05) is 0 Å². The number of fused-ring (bicyclic) bond motifs is 1. The minimum absolute atomic E-state index is 0.128. The lowest BCUT2D eigenvalue weighted by Crippen LogP contribution is -2.35. The van der Waals surface area contributed by atoms with Crippen LogP contribution in [0.3, 0.4) is 0 Å². The summed E-state index contributed by atoms with van der Waals surface area (Å²) in [6.45, 7) is 0.541. The van der Waals surface area contributed by atoms with Gasteiger partial charge in [-0.2, -0.15) is 5.10 Å². The second kappa shape index (κ2) is 5.04. The molecule has 90 valence electrons. The van der Waals surface area contributed by atoms with Gasteiger partial charge in [-0.25, -0.2) is 5.84 Å². The summed E-state index contributed by atoms with van der Waals surface area (Å²) in [4.78, 5) is 0. The minimum Gasteiger partial charge on any atom is -0.486 e. The summed E-state index contributed by atoms with van der Waals surface area (Å²) in [5.41, 5.74) is 3.98. The predicted octanol–water partition coefficient (Wildman–Crippen LogP) is -1.98. The second-order valence-corrected chi connectivity index (χ2v) is 3.53. The third-order valence-electron chi connectivity index (χ3n) is 2.48. The van der Waals surface area contributed by atoms with E-state index in [1.54, 1.807) is 12.1 Å². The molecule has 0 saturated heterocycles. The van der Waals surface area contributed by atoms with E-state index in [1.165, 1.54) is 0 Å². The number of nitrogens with one attached hydrogen (secondary N) is 1. The highest BCUT2D eigenvalue weighted by Gasteiger charge is 2.27. The molecule has 0 bridgehead atoms. The van der Waals surface area contributed by atoms with Gasteiger partial charge in [-0.05, 0) is 23.2 Å². The van der Waals surface area contributed by atoms with E-state index in [9.17, 15) is 5.02 Å². The maximum Gasteiger partial charge on any atom is 0.491 e. The molecule has 1 aliphatic rings. The molecule has 1 aromatic carbocycles. The van der Waals surface area contributed by atoms with Gasteiger partial charge in [-0.1, -0.05) is 6.07 Å². The lowest BCUT2D eigenvalue weighted by molar-refractivity contribution is 0.275. The van der Waals surface area contributed by atoms with Crippen LogP contribution in [0.5, 0.6) is 5.75 Å². The van der Waals surface area contributed by atoms with Crippen LogP contribution in [0, 0.1) is 0 Å². The maximum absolute atomic E-state index is 9.52. The Morgan fingerprint density at radius 1 is 1.65 bits per heavy atom. The Balaban J connectivity index is 2.06. The number of hydrazone groups is 1. The van der Waals surface area contributed by atoms with Gasteiger partial charge < -0.3 is 25.7 Å². The van der Waals surface area contributed by atoms with Crippen LogP contribution < -0.4 is 27.3 Å². The SMILES string of the molecule is N/N=C(/COc1ccc2c(c1)B(O)OC2)NN. The lowest BCUT2D eigenvalue weighted by atomic mass is 9.79. The van der Waals surface area contributed by atoms with Crippen molar-refractivity contribution in [3.63, 3.8) is 0 Å². The molecule has 1 aliphatic heterocycles. The zero-order valence-corrected chi connectivity index (χ0v) is 9.09. The number of nitrogens with zero attached hydrogens (tertiary/aromatic N) is 1. The molecule has 8 heteroatoms. The quantitative estimate of drug-likeness (QED) is 0.159. The number of ether oxygens (including phenoxy) is 1. The summed E-state index contributed by atoms with van der Waals surface area (Å²) in [6, 6.07) is 5.35. The predicted molar refractivity (Wildman–Crippen MR) is 63.3 cm³/mol. The zero-order valence-electron chi connectivity index (χ0n) is 9.09. The molecule has 0 spiro atoms. The second-order valence-electron chi connectivity index (χ2n) is 3.53. The van der Waals surface area contributed by atoms with E-state index in [4.69, 9.17) is 21.1 Å². The number of hydrogen-bond donors (Lipinski definition) is 4. The first kappa shape index (κ1) is 11.7. The summed E-state index contributed by atoms with van der Waals surface area (Å²) in [7, 11) is -0.885. The number of nitrogens with two attached hydrogens (primary N) is 2. The molecular weight excluding hydrogens is 223 g/mol. The van der Waals surface area contributed by atoms with Crippen molar-refractivity contribution in [2.75, 3.05) is 6.61 Å². The number of benzene rings is 1. The van der Waals surface area contributed by atoms with Crippen molar-refractivity contribution in [1.29, 1.82) is 0 Å². The van der Waals surface area contributed by atoms with Crippen molar-refractivity contribution in [3.8, 4) is 5.75 Å². The highest BCUT2D eigenvalue weighted by molar-refractivity contribution is 6.61. The molecule has 0 unspecified atom stereocenters. The van der Waals surface area contributed by atoms with Gasteiger partial charge in [0.2, 0.25) is 0 Å². The van der Waals surface area contributed by atoms with Crippen LogP contribution in [0.4, 0.5) is 0 Å². The van der Waals surface area contributed by atoms with E-state index in [0.29, 0.717) is 18.2 Å². The fourth-order valence-electron chi connectivity index (χ4n) is 1.55. The molecule has 1 aromatic rings. The van der Waals surface area contributed by atoms with Crippen LogP contribution >= 0.6 is 0 Å². The van der Waals surface area contributed by atoms with Gasteiger partial charge in [0.1, 0.15) is 12.4 Å². The molecule has 0 saturated carbocycles. The van der Waals surface area contributed by atoms with Crippen molar-refractivity contribution in [2.24, 2.45) is 16.8 Å². The Morgan fingerprint density at radius 3 is 3.18 bits per heavy atom. The van der Waals surface area contributed by atoms with Crippen LogP contribution in [0.15, 0.2) is 23.3 Å². The van der Waals surface area contributed by atoms with Crippen molar-refractivity contribution in [1.82, 2.24) is 5.43 Å². The third-order valence-corrected chi connectivity index (χ3v) is 2.48. The molecule has 17 heavy (non-hydrogen) atoms. The van der Waals surface area contributed by atoms with E-state index >= 15 is 0 Å². The largest absolute Gasteiger partial charge is 0.491 e. The summed E-state index contributed by atoms with van der Waals surface area (Å²) < 4.78 is 10.5. The maximum atomic E-state index is 9.52. The number of rotatable bonds is 3. The van der Waals surface area contributed by atoms with Crippen LogP contribution in [0.2, 0.25) is 0 Å². The summed E-state index contributed by atoms with van der Waals surface area (Å²) in [6.07, 6.45) is 0. The molecule has 2 rings (SSSR count). The van der Waals surface area contributed by atoms with Crippen molar-refractivity contribution >= 4 is 18.4 Å². The Hall–Kier alpha value is -1.77. The Labute approximate surface area is 98.5 Å². The minimum atomic E-state index is -0.885. The summed E-state index contributed by atoms with van der Waals surface area (Å²) in [5.74, 6) is 11.1. The van der Waals surface area contributed by atoms with Gasteiger partial charge in [0.05, 0.1) is 6.61 Å². The van der Waals surface area contributed by atoms with Gasteiger partial charge in [-0.3, -0.25) is 0 Å². The van der Waals surface area contributed by atoms with Crippen LogP contribution in [0.25, 0.3) is 0 Å². The number of amidine groups is 1. The molecule has 0 amide bonds. The highest BCUT2D eigenvalue weighted by atomic mass is 16.5. The Bertz CT molecular complexity index is 440. The fourth-order valence-corrected chi connectivity index (χ4v) is 1.55. The van der Waals surface area contributed by atoms with Crippen LogP contribution in [0.1, 0.15) is 5.56 Å². The average molecular weight is 236 g/mol. The summed E-state index contributed by atoms with van der Waals surface area (Å²) in [5, 5.41) is 12.9. The molecule has 0 radical (unpaired) electrons. The molecule has 0 aromatic heterocycles. The van der Waals surface area contributed by atoms with Crippen LogP contribution in [-0.4, -0.2) is 24.6 Å². The van der Waals surface area contributed by atoms with E-state index < -0.39 is 7.12 Å². The molecule has 0 fully saturated rings. The molecule has 1 heterocycles. The molecule has 6 N–H and O–H groups in total. The topological polar surface area (TPSA) is 115 Å². The monoisotopic (exact) mass is 236 g/mol. The van der Waals surface area contributed by atoms with E-state index in [-0.39, 0.29) is 6.61 Å². The van der Waals surface area contributed by atoms with Gasteiger partial charge in [-0.15, -0.1) is 0 Å². The molecule has 0 atom stereocenters. The molecule has 7 nitrogen and oxygen atoms in total. The first-order valence-electron chi connectivity index (χ1n) is 5.03. The summed E-state index contributed by atoms with van der Waals surface area (Å²) >= 11 is 0. The molecule has 0 aliphatic carbocycles. The Morgan fingerprint density at radius 2 is 2.47 bits per heavy atom. The smallest absolute Gasteiger partial charge is 0.486 e. The van der Waals surface area contributed by atoms with E-state index in [2.05, 4.69) is 10.5 Å². The Kier molecular flexibility index (Phi) is 3.47. The average Bonchev–Trinajstić information content (AvgIpc) is 2.72. The van der Waals surface area contributed by atoms with Crippen molar-refractivity contribution in [3.05, 3.63) is 23.8 Å². The first-order valence-corrected chi connectivity index (χ1v) is 5.03. The number of hydrogen-bond acceptors (Lipinski definition) is 6. The molecular formula is C9H13BN4O3. The fraction of sp³-hybridized carbons (Fsp3) is 0.222. The highest BCUT2D eigenvalue weighted by Crippen LogP contribution is 2.16. The standard InChI is InChI=1S/C9H13BN4O3/c11-13-9(14-12)5-16-7-2-1-6-4-17-10(15)8(6)3-7/h1-3,15H,4-5,11-12H2,(H,13,14).